The smallest absolute Gasteiger partial charge is 0.119 e. The summed E-state index contributed by atoms with van der Waals surface area (Å²) in [6.45, 7) is 5.29. The molecule has 0 bridgehead atoms. The third-order valence-electron chi connectivity index (χ3n) is 3.20. The average Bonchev–Trinajstić information content (AvgIpc) is 2.71. The quantitative estimate of drug-likeness (QED) is 0.860. The second-order valence-corrected chi connectivity index (χ2v) is 4.82. The molecule has 2 rings (SSSR count). The first-order chi connectivity index (χ1) is 8.20. The molecule has 17 heavy (non-hydrogen) atoms. The summed E-state index contributed by atoms with van der Waals surface area (Å²) in [5.74, 6) is 0.952. The minimum absolute atomic E-state index is 0.540. The van der Waals surface area contributed by atoms with Crippen LogP contribution >= 0.6 is 0 Å². The maximum Gasteiger partial charge on any atom is 0.119 e. The zero-order chi connectivity index (χ0) is 12.3. The van der Waals surface area contributed by atoms with E-state index >= 15 is 0 Å². The average molecular weight is 231 g/mol. The first-order valence-electron chi connectivity index (χ1n) is 6.30. The monoisotopic (exact) mass is 231 g/mol. The lowest BCUT2D eigenvalue weighted by Gasteiger charge is -2.07. The Balaban J connectivity index is 2.14. The lowest BCUT2D eigenvalue weighted by molar-refractivity contribution is 0.414. The van der Waals surface area contributed by atoms with E-state index in [0.717, 1.165) is 25.1 Å². The van der Waals surface area contributed by atoms with Crippen LogP contribution in [0, 0.1) is 0 Å². The van der Waals surface area contributed by atoms with Crippen LogP contribution < -0.4 is 10.1 Å². The minimum atomic E-state index is 0.540. The summed E-state index contributed by atoms with van der Waals surface area (Å²) in [6, 6.07) is 6.93. The van der Waals surface area contributed by atoms with Gasteiger partial charge in [0, 0.05) is 12.6 Å². The Morgan fingerprint density at radius 2 is 2.18 bits per heavy atom. The Kier molecular flexibility index (Phi) is 3.85. The van der Waals surface area contributed by atoms with Gasteiger partial charge in [0.2, 0.25) is 0 Å². The Labute approximate surface area is 104 Å². The van der Waals surface area contributed by atoms with E-state index in [9.17, 15) is 0 Å². The molecule has 92 valence electrons. The molecular formula is C15H21NO. The van der Waals surface area contributed by atoms with Crippen LogP contribution in [-0.2, 0) is 6.42 Å². The highest BCUT2D eigenvalue weighted by Crippen LogP contribution is 2.34. The van der Waals surface area contributed by atoms with E-state index in [1.54, 1.807) is 7.11 Å². The van der Waals surface area contributed by atoms with Crippen LogP contribution in [0.1, 0.15) is 31.4 Å². The van der Waals surface area contributed by atoms with Gasteiger partial charge in [-0.1, -0.05) is 26.0 Å². The van der Waals surface area contributed by atoms with Gasteiger partial charge in [-0.15, -0.1) is 0 Å². The molecule has 0 saturated carbocycles. The first kappa shape index (κ1) is 12.2. The maximum absolute atomic E-state index is 5.29. The van der Waals surface area contributed by atoms with Crippen LogP contribution in [0.3, 0.4) is 0 Å². The predicted octanol–water partition coefficient (Wildman–Crippen LogP) is 3.02. The molecule has 0 heterocycles. The molecule has 0 amide bonds. The summed E-state index contributed by atoms with van der Waals surface area (Å²) in [6.07, 6.45) is 4.63. The highest BCUT2D eigenvalue weighted by molar-refractivity contribution is 5.73. The standard InChI is InChI=1S/C15H21NO/c1-11(2)16-9-8-13-5-4-12-6-7-14(17-3)10-15(12)13/h6-8,10-11,16H,4-5,9H2,1-3H3/b13-8+. The number of allylic oxidation sites excluding steroid dienone is 1. The molecule has 0 radical (unpaired) electrons. The summed E-state index contributed by atoms with van der Waals surface area (Å²) in [5.41, 5.74) is 4.27. The van der Waals surface area contributed by atoms with E-state index in [2.05, 4.69) is 37.4 Å². The highest BCUT2D eigenvalue weighted by Gasteiger charge is 2.16. The van der Waals surface area contributed by atoms with Gasteiger partial charge >= 0.3 is 0 Å². The molecule has 2 nitrogen and oxygen atoms in total. The van der Waals surface area contributed by atoms with E-state index in [-0.39, 0.29) is 0 Å². The molecule has 1 aromatic carbocycles. The zero-order valence-electron chi connectivity index (χ0n) is 10.9. The van der Waals surface area contributed by atoms with Crippen LogP contribution in [0.5, 0.6) is 5.75 Å². The third kappa shape index (κ3) is 2.89. The van der Waals surface area contributed by atoms with Gasteiger partial charge in [0.1, 0.15) is 5.75 Å². The zero-order valence-corrected chi connectivity index (χ0v) is 10.9. The normalized spacial score (nSPS) is 16.6. The SMILES string of the molecule is COc1ccc2c(c1)/C(=C/CNC(C)C)CC2. The van der Waals surface area contributed by atoms with Crippen molar-refractivity contribution in [2.75, 3.05) is 13.7 Å². The number of hydrogen-bond acceptors (Lipinski definition) is 2. The van der Waals surface area contributed by atoms with Gasteiger partial charge in [-0.25, -0.2) is 0 Å². The van der Waals surface area contributed by atoms with Crippen molar-refractivity contribution in [2.24, 2.45) is 0 Å². The van der Waals surface area contributed by atoms with Gasteiger partial charge < -0.3 is 10.1 Å². The molecule has 0 aliphatic heterocycles. The Morgan fingerprint density at radius 1 is 1.35 bits per heavy atom. The van der Waals surface area contributed by atoms with Gasteiger partial charge in [0.25, 0.3) is 0 Å². The molecule has 0 spiro atoms. The van der Waals surface area contributed by atoms with Gasteiger partial charge in [-0.3, -0.25) is 0 Å². The molecule has 1 aliphatic carbocycles. The second kappa shape index (κ2) is 5.37. The van der Waals surface area contributed by atoms with Crippen molar-refractivity contribution in [3.8, 4) is 5.75 Å². The molecule has 0 saturated heterocycles. The van der Waals surface area contributed by atoms with Crippen LogP contribution in [0.25, 0.3) is 5.57 Å². The Hall–Kier alpha value is -1.28. The van der Waals surface area contributed by atoms with E-state index in [0.29, 0.717) is 6.04 Å². The fourth-order valence-electron chi connectivity index (χ4n) is 2.23. The molecule has 0 atom stereocenters. The summed E-state index contributed by atoms with van der Waals surface area (Å²) in [7, 11) is 1.72. The van der Waals surface area contributed by atoms with Gasteiger partial charge in [0.15, 0.2) is 0 Å². The fraction of sp³-hybridized carbons (Fsp3) is 0.467. The van der Waals surface area contributed by atoms with Crippen molar-refractivity contribution < 1.29 is 4.74 Å². The van der Waals surface area contributed by atoms with Crippen molar-refractivity contribution in [3.05, 3.63) is 35.4 Å². The third-order valence-corrected chi connectivity index (χ3v) is 3.20. The molecular weight excluding hydrogens is 210 g/mol. The number of benzene rings is 1. The number of hydrogen-bond donors (Lipinski definition) is 1. The summed E-state index contributed by atoms with van der Waals surface area (Å²) in [5, 5.41) is 3.42. The first-order valence-corrected chi connectivity index (χ1v) is 6.30. The van der Waals surface area contributed by atoms with E-state index in [1.807, 2.05) is 6.07 Å². The van der Waals surface area contributed by atoms with Gasteiger partial charge in [-0.2, -0.15) is 0 Å². The topological polar surface area (TPSA) is 21.3 Å². The van der Waals surface area contributed by atoms with Gasteiger partial charge in [-0.05, 0) is 41.7 Å². The predicted molar refractivity (Wildman–Crippen MR) is 72.4 cm³/mol. The van der Waals surface area contributed by atoms with E-state index < -0.39 is 0 Å². The summed E-state index contributed by atoms with van der Waals surface area (Å²) >= 11 is 0. The van der Waals surface area contributed by atoms with Crippen molar-refractivity contribution >= 4 is 5.57 Å². The van der Waals surface area contributed by atoms with Crippen LogP contribution in [0.15, 0.2) is 24.3 Å². The van der Waals surface area contributed by atoms with Gasteiger partial charge in [0.05, 0.1) is 7.11 Å². The lowest BCUT2D eigenvalue weighted by atomic mass is 10.1. The van der Waals surface area contributed by atoms with E-state index in [1.165, 1.54) is 16.7 Å². The molecule has 0 fully saturated rings. The molecule has 0 aromatic heterocycles. The van der Waals surface area contributed by atoms with Crippen molar-refractivity contribution in [2.45, 2.75) is 32.7 Å². The second-order valence-electron chi connectivity index (χ2n) is 4.82. The molecule has 1 aromatic rings. The van der Waals surface area contributed by atoms with Crippen LogP contribution in [0.2, 0.25) is 0 Å². The lowest BCUT2D eigenvalue weighted by Crippen LogP contribution is -2.22. The Morgan fingerprint density at radius 3 is 2.88 bits per heavy atom. The Bertz CT molecular complexity index is 421. The number of nitrogens with one attached hydrogen (secondary N) is 1. The van der Waals surface area contributed by atoms with Crippen LogP contribution in [0.4, 0.5) is 0 Å². The fourth-order valence-corrected chi connectivity index (χ4v) is 2.23. The maximum atomic E-state index is 5.29. The number of fused-ring (bicyclic) bond motifs is 1. The molecule has 2 heteroatoms. The van der Waals surface area contributed by atoms with E-state index in [4.69, 9.17) is 4.74 Å². The number of methoxy groups -OCH3 is 1. The molecule has 1 aliphatic rings. The summed E-state index contributed by atoms with van der Waals surface area (Å²) < 4.78 is 5.29. The number of aryl methyl sites for hydroxylation is 1. The molecule has 0 unspecified atom stereocenters. The van der Waals surface area contributed by atoms with Crippen LogP contribution in [-0.4, -0.2) is 19.7 Å². The summed E-state index contributed by atoms with van der Waals surface area (Å²) in [4.78, 5) is 0. The highest BCUT2D eigenvalue weighted by atomic mass is 16.5. The number of rotatable bonds is 4. The van der Waals surface area contributed by atoms with Crippen molar-refractivity contribution in [1.29, 1.82) is 0 Å². The largest absolute Gasteiger partial charge is 0.497 e. The van der Waals surface area contributed by atoms with Crippen molar-refractivity contribution in [3.63, 3.8) is 0 Å². The van der Waals surface area contributed by atoms with Crippen molar-refractivity contribution in [1.82, 2.24) is 5.32 Å². The molecule has 1 N–H and O–H groups in total. The number of ether oxygens (including phenoxy) is 1. The minimum Gasteiger partial charge on any atom is -0.497 e.